The minimum absolute atomic E-state index is 0.0316. The first-order chi connectivity index (χ1) is 15.4. The molecule has 0 aliphatic carbocycles. The molecule has 3 aromatic rings. The average Bonchev–Trinajstić information content (AvgIpc) is 3.33. The Morgan fingerprint density at radius 3 is 2.25 bits per heavy atom. The van der Waals surface area contributed by atoms with Crippen molar-refractivity contribution in [2.75, 3.05) is 18.1 Å². The number of benzene rings is 2. The molecule has 0 aliphatic heterocycles. The number of primary amides is 1. The second-order valence-electron chi connectivity index (χ2n) is 6.67. The largest absolute Gasteiger partial charge is 0.452 e. The Morgan fingerprint density at radius 2 is 1.62 bits per heavy atom. The number of ether oxygens (including phenoxy) is 1. The van der Waals surface area contributed by atoms with Gasteiger partial charge in [0.15, 0.2) is 6.61 Å². The van der Waals surface area contributed by atoms with Gasteiger partial charge in [0.2, 0.25) is 11.7 Å². The molecule has 7 nitrogen and oxygen atoms in total. The van der Waals surface area contributed by atoms with Crippen LogP contribution in [0.5, 0.6) is 0 Å². The topological polar surface area (TPSA) is 107 Å². The van der Waals surface area contributed by atoms with Gasteiger partial charge >= 0.3 is 5.97 Å². The first kappa shape index (κ1) is 22.8. The molecule has 2 aromatic carbocycles. The molecule has 0 saturated carbocycles. The van der Waals surface area contributed by atoms with Crippen LogP contribution in [0.1, 0.15) is 32.0 Å². The van der Waals surface area contributed by atoms with Crippen molar-refractivity contribution in [1.82, 2.24) is 0 Å². The molecule has 0 aliphatic rings. The molecule has 0 spiro atoms. The molecule has 9 heteroatoms. The number of ketones is 1. The van der Waals surface area contributed by atoms with Gasteiger partial charge in [0.25, 0.3) is 5.91 Å². The Hall–Kier alpha value is -3.85. The standard InChI is InChI=1S/C23H19FN2O5S/c24-15-7-9-16(10-8-15)26(12-11-20(25)27)21(28)14-31-23(30)18-5-2-1-4-17(18)22(29)19-6-3-13-32-19/h1-10,13H,11-12,14H2,(H2,25,27). The van der Waals surface area contributed by atoms with Crippen LogP contribution in [-0.4, -0.2) is 36.7 Å². The predicted octanol–water partition coefficient (Wildman–Crippen LogP) is 3.18. The highest BCUT2D eigenvalue weighted by molar-refractivity contribution is 7.12. The van der Waals surface area contributed by atoms with Gasteiger partial charge in [0, 0.05) is 24.2 Å². The van der Waals surface area contributed by atoms with Crippen molar-refractivity contribution in [3.8, 4) is 0 Å². The number of rotatable bonds is 9. The summed E-state index contributed by atoms with van der Waals surface area (Å²) in [5.41, 5.74) is 5.69. The lowest BCUT2D eigenvalue weighted by Gasteiger charge is -2.22. The minimum Gasteiger partial charge on any atom is -0.452 e. The Kier molecular flexibility index (Phi) is 7.45. The highest BCUT2D eigenvalue weighted by Crippen LogP contribution is 2.20. The van der Waals surface area contributed by atoms with Crippen LogP contribution in [-0.2, 0) is 14.3 Å². The zero-order chi connectivity index (χ0) is 23.1. The maximum atomic E-state index is 13.2. The molecule has 2 amide bonds. The number of esters is 1. The number of amides is 2. The van der Waals surface area contributed by atoms with Crippen LogP contribution < -0.4 is 10.6 Å². The van der Waals surface area contributed by atoms with Crippen LogP contribution in [0.2, 0.25) is 0 Å². The summed E-state index contributed by atoms with van der Waals surface area (Å²) in [7, 11) is 0. The van der Waals surface area contributed by atoms with E-state index in [0.29, 0.717) is 10.6 Å². The summed E-state index contributed by atoms with van der Waals surface area (Å²) in [6.45, 7) is -0.707. The SMILES string of the molecule is NC(=O)CCN(C(=O)COC(=O)c1ccccc1C(=O)c1cccs1)c1ccc(F)cc1. The third-order valence-electron chi connectivity index (χ3n) is 4.48. The first-order valence-electron chi connectivity index (χ1n) is 9.55. The predicted molar refractivity (Wildman–Crippen MR) is 117 cm³/mol. The fourth-order valence-electron chi connectivity index (χ4n) is 2.92. The van der Waals surface area contributed by atoms with Crippen molar-refractivity contribution in [3.05, 3.63) is 87.9 Å². The lowest BCUT2D eigenvalue weighted by Crippen LogP contribution is -2.37. The first-order valence-corrected chi connectivity index (χ1v) is 10.4. The van der Waals surface area contributed by atoms with Crippen molar-refractivity contribution in [1.29, 1.82) is 0 Å². The van der Waals surface area contributed by atoms with Gasteiger partial charge in [-0.3, -0.25) is 14.4 Å². The monoisotopic (exact) mass is 454 g/mol. The smallest absolute Gasteiger partial charge is 0.339 e. The van der Waals surface area contributed by atoms with E-state index >= 15 is 0 Å². The zero-order valence-electron chi connectivity index (χ0n) is 16.8. The Balaban J connectivity index is 1.74. The molecule has 0 fully saturated rings. The van der Waals surface area contributed by atoms with Crippen LogP contribution in [0, 0.1) is 5.82 Å². The number of anilines is 1. The fourth-order valence-corrected chi connectivity index (χ4v) is 3.60. The maximum Gasteiger partial charge on any atom is 0.339 e. The summed E-state index contributed by atoms with van der Waals surface area (Å²) in [5.74, 6) is -2.91. The third kappa shape index (κ3) is 5.64. The van der Waals surface area contributed by atoms with Gasteiger partial charge in [-0.25, -0.2) is 9.18 Å². The van der Waals surface area contributed by atoms with E-state index in [2.05, 4.69) is 0 Å². The number of hydrogen-bond acceptors (Lipinski definition) is 6. The van der Waals surface area contributed by atoms with Crippen molar-refractivity contribution >= 4 is 40.6 Å². The summed E-state index contributed by atoms with van der Waals surface area (Å²) in [6.07, 6.45) is -0.130. The van der Waals surface area contributed by atoms with E-state index in [1.807, 2.05) is 0 Å². The van der Waals surface area contributed by atoms with Crippen LogP contribution in [0.25, 0.3) is 0 Å². The molecule has 0 bridgehead atoms. The molecule has 1 aromatic heterocycles. The number of thiophene rings is 1. The number of nitrogens with two attached hydrogens (primary N) is 1. The van der Waals surface area contributed by atoms with Gasteiger partial charge in [0.1, 0.15) is 5.82 Å². The highest BCUT2D eigenvalue weighted by Gasteiger charge is 2.22. The molecular formula is C23H19FN2O5S. The quantitative estimate of drug-likeness (QED) is 0.395. The normalized spacial score (nSPS) is 10.4. The molecule has 1 heterocycles. The number of carbonyl (C=O) groups is 4. The number of carbonyl (C=O) groups excluding carboxylic acids is 4. The second kappa shape index (κ2) is 10.5. The van der Waals surface area contributed by atoms with E-state index in [1.54, 1.807) is 29.6 Å². The van der Waals surface area contributed by atoms with E-state index < -0.39 is 30.2 Å². The molecule has 0 radical (unpaired) electrons. The summed E-state index contributed by atoms with van der Waals surface area (Å²) >= 11 is 1.25. The molecule has 0 atom stereocenters. The van der Waals surface area contributed by atoms with Crippen LogP contribution >= 0.6 is 11.3 Å². The summed E-state index contributed by atoms with van der Waals surface area (Å²) < 4.78 is 18.4. The maximum absolute atomic E-state index is 13.2. The molecule has 0 unspecified atom stereocenters. The summed E-state index contributed by atoms with van der Waals surface area (Å²) in [5, 5.41) is 1.75. The summed E-state index contributed by atoms with van der Waals surface area (Å²) in [6, 6.07) is 14.6. The van der Waals surface area contributed by atoms with E-state index in [4.69, 9.17) is 10.5 Å². The van der Waals surface area contributed by atoms with Crippen LogP contribution in [0.15, 0.2) is 66.0 Å². The molecule has 2 N–H and O–H groups in total. The van der Waals surface area contributed by atoms with Crippen LogP contribution in [0.4, 0.5) is 10.1 Å². The van der Waals surface area contributed by atoms with Gasteiger partial charge in [-0.05, 0) is 41.8 Å². The van der Waals surface area contributed by atoms with E-state index in [1.165, 1.54) is 52.6 Å². The van der Waals surface area contributed by atoms with Crippen LogP contribution in [0.3, 0.4) is 0 Å². The van der Waals surface area contributed by atoms with Crippen molar-refractivity contribution in [2.45, 2.75) is 6.42 Å². The number of halogens is 1. The van der Waals surface area contributed by atoms with Gasteiger partial charge < -0.3 is 15.4 Å². The Bertz CT molecular complexity index is 1130. The van der Waals surface area contributed by atoms with Crippen molar-refractivity contribution < 1.29 is 28.3 Å². The number of hydrogen-bond donors (Lipinski definition) is 1. The Morgan fingerprint density at radius 1 is 0.938 bits per heavy atom. The fraction of sp³-hybridized carbons (Fsp3) is 0.130. The van der Waals surface area contributed by atoms with Gasteiger partial charge in [-0.2, -0.15) is 0 Å². The molecular weight excluding hydrogens is 435 g/mol. The Labute approximate surface area is 187 Å². The van der Waals surface area contributed by atoms with Gasteiger partial charge in [-0.1, -0.05) is 24.3 Å². The van der Waals surface area contributed by atoms with Gasteiger partial charge in [-0.15, -0.1) is 11.3 Å². The molecule has 164 valence electrons. The number of nitrogens with zero attached hydrogens (tertiary/aromatic N) is 1. The van der Waals surface area contributed by atoms with E-state index in [9.17, 15) is 23.6 Å². The van der Waals surface area contributed by atoms with Crippen molar-refractivity contribution in [2.24, 2.45) is 5.73 Å². The van der Waals surface area contributed by atoms with Crippen molar-refractivity contribution in [3.63, 3.8) is 0 Å². The minimum atomic E-state index is -0.840. The molecule has 0 saturated heterocycles. The second-order valence-corrected chi connectivity index (χ2v) is 7.61. The lowest BCUT2D eigenvalue weighted by molar-refractivity contribution is -0.121. The summed E-state index contributed by atoms with van der Waals surface area (Å²) in [4.78, 5) is 50.9. The van der Waals surface area contributed by atoms with E-state index in [-0.39, 0.29) is 29.9 Å². The third-order valence-corrected chi connectivity index (χ3v) is 5.35. The highest BCUT2D eigenvalue weighted by atomic mass is 32.1. The molecule has 32 heavy (non-hydrogen) atoms. The van der Waals surface area contributed by atoms with E-state index in [0.717, 1.165) is 0 Å². The van der Waals surface area contributed by atoms with Gasteiger partial charge in [0.05, 0.1) is 10.4 Å². The lowest BCUT2D eigenvalue weighted by atomic mass is 10.0. The average molecular weight is 454 g/mol. The zero-order valence-corrected chi connectivity index (χ0v) is 17.6. The molecule has 3 rings (SSSR count).